The summed E-state index contributed by atoms with van der Waals surface area (Å²) in [4.78, 5) is 1.97. The molecule has 1 unspecified atom stereocenters. The van der Waals surface area contributed by atoms with Crippen molar-refractivity contribution >= 4 is 0 Å². The Morgan fingerprint density at radius 2 is 2.15 bits per heavy atom. The quantitative estimate of drug-likeness (QED) is 0.447. The molecule has 13 heavy (non-hydrogen) atoms. The number of aliphatic hydroxyl groups is 1. The topological polar surface area (TPSA) is 35.5 Å². The molecule has 0 amide bonds. The second kappa shape index (κ2) is 8.06. The molecule has 3 heteroatoms. The van der Waals surface area contributed by atoms with Crippen molar-refractivity contribution in [2.45, 2.75) is 19.4 Å². The average Bonchev–Trinajstić information content (AvgIpc) is 2.02. The van der Waals surface area contributed by atoms with E-state index in [1.165, 1.54) is 0 Å². The first-order valence-electron chi connectivity index (χ1n) is 4.60. The van der Waals surface area contributed by atoms with Crippen LogP contribution < -0.4 is 5.32 Å². The van der Waals surface area contributed by atoms with E-state index in [4.69, 9.17) is 0 Å². The van der Waals surface area contributed by atoms with Gasteiger partial charge in [-0.15, -0.1) is 11.8 Å². The highest BCUT2D eigenvalue weighted by molar-refractivity contribution is 4.95. The Hall–Kier alpha value is -0.560. The highest BCUT2D eigenvalue weighted by Gasteiger charge is 2.03. The van der Waals surface area contributed by atoms with Crippen LogP contribution in [0, 0.1) is 11.8 Å². The zero-order chi connectivity index (χ0) is 10.1. The van der Waals surface area contributed by atoms with Gasteiger partial charge in [0.05, 0.1) is 6.10 Å². The van der Waals surface area contributed by atoms with Crippen molar-refractivity contribution in [3.63, 3.8) is 0 Å². The minimum atomic E-state index is -0.287. The van der Waals surface area contributed by atoms with Crippen molar-refractivity contribution in [2.75, 3.05) is 33.7 Å². The molecule has 0 saturated heterocycles. The van der Waals surface area contributed by atoms with Crippen LogP contribution in [0.25, 0.3) is 0 Å². The van der Waals surface area contributed by atoms with Gasteiger partial charge >= 0.3 is 0 Å². The minimum Gasteiger partial charge on any atom is -0.390 e. The van der Waals surface area contributed by atoms with Gasteiger partial charge in [-0.1, -0.05) is 0 Å². The summed E-state index contributed by atoms with van der Waals surface area (Å²) in [6.07, 6.45) is 0.565. The zero-order valence-electron chi connectivity index (χ0n) is 8.80. The second-order valence-corrected chi connectivity index (χ2v) is 3.30. The van der Waals surface area contributed by atoms with Gasteiger partial charge in [0, 0.05) is 26.1 Å². The highest BCUT2D eigenvalue weighted by Crippen LogP contribution is 1.84. The minimum absolute atomic E-state index is 0.287. The lowest BCUT2D eigenvalue weighted by molar-refractivity contribution is 0.135. The fourth-order valence-electron chi connectivity index (χ4n) is 1.03. The van der Waals surface area contributed by atoms with Crippen LogP contribution in [0.3, 0.4) is 0 Å². The Balaban J connectivity index is 3.25. The van der Waals surface area contributed by atoms with Gasteiger partial charge in [-0.2, -0.15) is 0 Å². The molecule has 0 fully saturated rings. The molecular weight excluding hydrogens is 164 g/mol. The first-order valence-corrected chi connectivity index (χ1v) is 4.60. The number of nitrogens with one attached hydrogen (secondary N) is 1. The first-order chi connectivity index (χ1) is 6.16. The van der Waals surface area contributed by atoms with Crippen LogP contribution in [-0.4, -0.2) is 49.8 Å². The molecule has 0 aromatic carbocycles. The molecule has 2 N–H and O–H groups in total. The Morgan fingerprint density at radius 1 is 1.46 bits per heavy atom. The van der Waals surface area contributed by atoms with E-state index >= 15 is 0 Å². The van der Waals surface area contributed by atoms with Crippen LogP contribution in [0.4, 0.5) is 0 Å². The van der Waals surface area contributed by atoms with E-state index < -0.39 is 0 Å². The summed E-state index contributed by atoms with van der Waals surface area (Å²) in [6.45, 7) is 4.03. The molecule has 0 aliphatic heterocycles. The lowest BCUT2D eigenvalue weighted by atomic mass is 10.3. The Bertz CT molecular complexity index is 169. The molecule has 0 aliphatic carbocycles. The first kappa shape index (κ1) is 12.4. The van der Waals surface area contributed by atoms with Crippen LogP contribution in [0.1, 0.15) is 13.3 Å². The Labute approximate surface area is 81.1 Å². The largest absolute Gasteiger partial charge is 0.390 e. The van der Waals surface area contributed by atoms with Gasteiger partial charge in [0.15, 0.2) is 0 Å². The summed E-state index contributed by atoms with van der Waals surface area (Å²) in [5.41, 5.74) is 0. The van der Waals surface area contributed by atoms with Gasteiger partial charge in [-0.25, -0.2) is 0 Å². The van der Waals surface area contributed by atoms with Crippen LogP contribution in [-0.2, 0) is 0 Å². The molecule has 0 heterocycles. The molecule has 76 valence electrons. The summed E-state index contributed by atoms with van der Waals surface area (Å²) >= 11 is 0. The third kappa shape index (κ3) is 9.35. The van der Waals surface area contributed by atoms with E-state index in [1.807, 2.05) is 25.9 Å². The number of aliphatic hydroxyl groups excluding tert-OH is 1. The van der Waals surface area contributed by atoms with Crippen LogP contribution >= 0.6 is 0 Å². The third-order valence-corrected chi connectivity index (χ3v) is 1.56. The number of rotatable bonds is 6. The summed E-state index contributed by atoms with van der Waals surface area (Å²) in [5.74, 6) is 5.79. The fraction of sp³-hybridized carbons (Fsp3) is 0.800. The smallest absolute Gasteiger partial charge is 0.0791 e. The van der Waals surface area contributed by atoms with E-state index in [-0.39, 0.29) is 6.10 Å². The maximum Gasteiger partial charge on any atom is 0.0791 e. The van der Waals surface area contributed by atoms with Gasteiger partial charge in [-0.3, -0.25) is 0 Å². The van der Waals surface area contributed by atoms with Crippen molar-refractivity contribution in [2.24, 2.45) is 0 Å². The van der Waals surface area contributed by atoms with E-state index in [2.05, 4.69) is 17.2 Å². The van der Waals surface area contributed by atoms with Crippen LogP contribution in [0.15, 0.2) is 0 Å². The molecule has 0 bridgehead atoms. The monoisotopic (exact) mass is 184 g/mol. The molecule has 0 aromatic heterocycles. The number of hydrogen-bond acceptors (Lipinski definition) is 3. The Kier molecular flexibility index (Phi) is 7.71. The van der Waals surface area contributed by atoms with Crippen LogP contribution in [0.5, 0.6) is 0 Å². The third-order valence-electron chi connectivity index (χ3n) is 1.56. The summed E-state index contributed by atoms with van der Waals surface area (Å²) < 4.78 is 0. The van der Waals surface area contributed by atoms with Crippen molar-refractivity contribution in [1.29, 1.82) is 0 Å². The van der Waals surface area contributed by atoms with Crippen molar-refractivity contribution in [1.82, 2.24) is 10.2 Å². The Morgan fingerprint density at radius 3 is 2.69 bits per heavy atom. The average molecular weight is 184 g/mol. The number of nitrogens with zero attached hydrogens (tertiary/aromatic N) is 1. The zero-order valence-corrected chi connectivity index (χ0v) is 8.80. The standard InChI is InChI=1S/C10H20N2O/c1-4-5-6-7-11-8-10(13)9-12(2)3/h10-11,13H,6-9H2,1-3H3. The fourth-order valence-corrected chi connectivity index (χ4v) is 1.03. The van der Waals surface area contributed by atoms with Gasteiger partial charge < -0.3 is 15.3 Å². The molecule has 3 nitrogen and oxygen atoms in total. The summed E-state index contributed by atoms with van der Waals surface area (Å²) in [6, 6.07) is 0. The molecule has 0 rings (SSSR count). The number of hydrogen-bond donors (Lipinski definition) is 2. The predicted molar refractivity (Wildman–Crippen MR) is 55.5 cm³/mol. The molecule has 0 aliphatic rings. The van der Waals surface area contributed by atoms with E-state index in [0.29, 0.717) is 13.1 Å². The van der Waals surface area contributed by atoms with Crippen molar-refractivity contribution in [3.05, 3.63) is 0 Å². The summed E-state index contributed by atoms with van der Waals surface area (Å²) in [5, 5.41) is 12.6. The lowest BCUT2D eigenvalue weighted by Crippen LogP contribution is -2.35. The van der Waals surface area contributed by atoms with Crippen LogP contribution in [0.2, 0.25) is 0 Å². The molecular formula is C10H20N2O. The highest BCUT2D eigenvalue weighted by atomic mass is 16.3. The van der Waals surface area contributed by atoms with Gasteiger partial charge in [0.1, 0.15) is 0 Å². The molecule has 0 aromatic rings. The van der Waals surface area contributed by atoms with Gasteiger partial charge in [0.2, 0.25) is 0 Å². The normalized spacial score (nSPS) is 12.4. The van der Waals surface area contributed by atoms with Gasteiger partial charge in [0.25, 0.3) is 0 Å². The lowest BCUT2D eigenvalue weighted by Gasteiger charge is -2.15. The molecule has 1 atom stereocenters. The molecule has 0 radical (unpaired) electrons. The van der Waals surface area contributed by atoms with Crippen molar-refractivity contribution < 1.29 is 5.11 Å². The van der Waals surface area contributed by atoms with E-state index in [1.54, 1.807) is 0 Å². The van der Waals surface area contributed by atoms with Crippen molar-refractivity contribution in [3.8, 4) is 11.8 Å². The maximum atomic E-state index is 9.44. The second-order valence-electron chi connectivity index (χ2n) is 3.30. The molecule has 0 saturated carbocycles. The summed E-state index contributed by atoms with van der Waals surface area (Å²) in [7, 11) is 3.90. The predicted octanol–water partition coefficient (Wildman–Crippen LogP) is -0.0881. The van der Waals surface area contributed by atoms with E-state index in [0.717, 1.165) is 13.0 Å². The SMILES string of the molecule is CC#CCCNCC(O)CN(C)C. The number of likely N-dealkylation sites (N-methyl/N-ethyl adjacent to an activating group) is 1. The maximum absolute atomic E-state index is 9.44. The van der Waals surface area contributed by atoms with Gasteiger partial charge in [-0.05, 0) is 21.0 Å². The van der Waals surface area contributed by atoms with E-state index in [9.17, 15) is 5.11 Å². The molecule has 0 spiro atoms.